The molecular weight excluding hydrogens is 342 g/mol. The van der Waals surface area contributed by atoms with Gasteiger partial charge in [-0.25, -0.2) is 0 Å². The average molecular weight is 369 g/mol. The molecule has 0 atom stereocenters. The molecule has 6 nitrogen and oxygen atoms in total. The van der Waals surface area contributed by atoms with Crippen molar-refractivity contribution in [3.05, 3.63) is 59.7 Å². The van der Waals surface area contributed by atoms with E-state index in [0.29, 0.717) is 42.8 Å². The van der Waals surface area contributed by atoms with Gasteiger partial charge in [-0.05, 0) is 51.5 Å². The second-order valence-corrected chi connectivity index (χ2v) is 6.33. The Morgan fingerprint density at radius 2 is 1.89 bits per heavy atom. The van der Waals surface area contributed by atoms with Gasteiger partial charge in [-0.15, -0.1) is 0 Å². The molecule has 1 heterocycles. The molecule has 0 unspecified atom stereocenters. The quantitative estimate of drug-likeness (QED) is 0.727. The molecule has 2 aromatic rings. The van der Waals surface area contributed by atoms with E-state index in [-0.39, 0.29) is 17.9 Å². The maximum atomic E-state index is 12.5. The van der Waals surface area contributed by atoms with Crippen LogP contribution in [0.2, 0.25) is 0 Å². The number of carbonyl (C=O) groups excluding carboxylic acids is 2. The minimum Gasteiger partial charge on any atom is -0.493 e. The fraction of sp³-hybridized carbons (Fsp3) is 0.381. The number of amides is 1. The molecule has 0 radical (unpaired) electrons. The molecule has 1 N–H and O–H groups in total. The molecule has 0 spiro atoms. The average Bonchev–Trinajstić information content (AvgIpc) is 2.65. The predicted molar refractivity (Wildman–Crippen MR) is 105 cm³/mol. The number of hydrogen-bond donors (Lipinski definition) is 1. The van der Waals surface area contributed by atoms with E-state index in [9.17, 15) is 9.59 Å². The molecule has 27 heavy (non-hydrogen) atoms. The second kappa shape index (κ2) is 10.3. The largest absolute Gasteiger partial charge is 0.493 e. The van der Waals surface area contributed by atoms with Crippen LogP contribution in [0.4, 0.5) is 0 Å². The number of para-hydroxylation sites is 1. The van der Waals surface area contributed by atoms with Crippen molar-refractivity contribution in [2.75, 3.05) is 13.2 Å². The first-order valence-corrected chi connectivity index (χ1v) is 9.27. The van der Waals surface area contributed by atoms with E-state index in [1.807, 2.05) is 45.0 Å². The third kappa shape index (κ3) is 6.09. The third-order valence-corrected chi connectivity index (χ3v) is 3.78. The Kier molecular flexibility index (Phi) is 7.79. The number of nitrogens with one attached hydrogen (secondary N) is 1. The van der Waals surface area contributed by atoms with Crippen LogP contribution in [0.3, 0.4) is 0 Å². The fourth-order valence-corrected chi connectivity index (χ4v) is 2.61. The Hall–Kier alpha value is -2.89. The highest BCUT2D eigenvalue weighted by molar-refractivity contribution is 5.96. The monoisotopic (exact) mass is 369 g/mol. The second-order valence-electron chi connectivity index (χ2n) is 6.33. The molecule has 1 aromatic heterocycles. The molecule has 144 valence electrons. The van der Waals surface area contributed by atoms with Crippen molar-refractivity contribution in [2.24, 2.45) is 4.99 Å². The third-order valence-electron chi connectivity index (χ3n) is 3.78. The van der Waals surface area contributed by atoms with Crippen molar-refractivity contribution in [2.45, 2.75) is 39.7 Å². The molecule has 2 rings (SSSR count). The van der Waals surface area contributed by atoms with E-state index >= 15 is 0 Å². The maximum absolute atomic E-state index is 12.5. The van der Waals surface area contributed by atoms with Gasteiger partial charge in [0, 0.05) is 25.2 Å². The van der Waals surface area contributed by atoms with Gasteiger partial charge in [0.15, 0.2) is 0 Å². The highest BCUT2D eigenvalue weighted by Crippen LogP contribution is 2.17. The van der Waals surface area contributed by atoms with Gasteiger partial charge >= 0.3 is 0 Å². The number of ether oxygens (including phenoxy) is 1. The number of hydrogen-bond acceptors (Lipinski definition) is 4. The van der Waals surface area contributed by atoms with Crippen LogP contribution in [-0.4, -0.2) is 35.6 Å². The minimum atomic E-state index is -0.200. The van der Waals surface area contributed by atoms with E-state index in [1.165, 1.54) is 0 Å². The van der Waals surface area contributed by atoms with Crippen molar-refractivity contribution in [3.8, 4) is 5.75 Å². The van der Waals surface area contributed by atoms with Crippen molar-refractivity contribution < 1.29 is 14.3 Å². The fourth-order valence-electron chi connectivity index (χ4n) is 2.61. The van der Waals surface area contributed by atoms with Crippen LogP contribution in [-0.2, 0) is 0 Å². The number of carbonyl (C=O) groups is 2. The molecule has 6 heteroatoms. The lowest BCUT2D eigenvalue weighted by molar-refractivity contribution is 0.0883. The highest BCUT2D eigenvalue weighted by atomic mass is 16.5. The summed E-state index contributed by atoms with van der Waals surface area (Å²) in [4.78, 5) is 29.3. The molecule has 0 aliphatic carbocycles. The summed E-state index contributed by atoms with van der Waals surface area (Å²) in [5, 5.41) is 2.85. The van der Waals surface area contributed by atoms with Crippen LogP contribution in [0.25, 0.3) is 0 Å². The molecular formula is C21H27N3O3. The Bertz CT molecular complexity index is 840. The Labute approximate surface area is 159 Å². The van der Waals surface area contributed by atoms with Crippen LogP contribution < -0.4 is 15.5 Å². The van der Waals surface area contributed by atoms with Crippen LogP contribution >= 0.6 is 0 Å². The molecule has 0 aliphatic heterocycles. The predicted octanol–water partition coefficient (Wildman–Crippen LogP) is 3.05. The lowest BCUT2D eigenvalue weighted by atomic mass is 10.2. The first-order chi connectivity index (χ1) is 13.0. The molecule has 0 saturated carbocycles. The van der Waals surface area contributed by atoms with Gasteiger partial charge in [0.1, 0.15) is 11.2 Å². The zero-order valence-corrected chi connectivity index (χ0v) is 16.1. The zero-order chi connectivity index (χ0) is 19.6. The van der Waals surface area contributed by atoms with E-state index < -0.39 is 0 Å². The Morgan fingerprint density at radius 3 is 2.63 bits per heavy atom. The van der Waals surface area contributed by atoms with Crippen LogP contribution in [0, 0.1) is 0 Å². The summed E-state index contributed by atoms with van der Waals surface area (Å²) < 4.78 is 7.04. The van der Waals surface area contributed by atoms with Crippen LogP contribution in [0.5, 0.6) is 5.75 Å². The Morgan fingerprint density at radius 1 is 1.15 bits per heavy atom. The van der Waals surface area contributed by atoms with E-state index in [1.54, 1.807) is 29.0 Å². The first-order valence-electron chi connectivity index (χ1n) is 9.27. The molecule has 0 bridgehead atoms. The summed E-state index contributed by atoms with van der Waals surface area (Å²) >= 11 is 0. The van der Waals surface area contributed by atoms with Crippen LogP contribution in [0.15, 0.2) is 53.7 Å². The van der Waals surface area contributed by atoms with Gasteiger partial charge in [0.2, 0.25) is 5.91 Å². The number of pyridine rings is 1. The van der Waals surface area contributed by atoms with E-state index in [0.717, 1.165) is 0 Å². The van der Waals surface area contributed by atoms with Gasteiger partial charge in [-0.1, -0.05) is 18.2 Å². The normalized spacial score (nSPS) is 11.5. The van der Waals surface area contributed by atoms with Gasteiger partial charge in [-0.2, -0.15) is 0 Å². The van der Waals surface area contributed by atoms with Gasteiger partial charge in [-0.3, -0.25) is 19.1 Å². The van der Waals surface area contributed by atoms with E-state index in [4.69, 9.17) is 4.74 Å². The number of rotatable bonds is 8. The summed E-state index contributed by atoms with van der Waals surface area (Å²) in [5.74, 6) is 0.321. The maximum Gasteiger partial charge on any atom is 0.255 e. The van der Waals surface area contributed by atoms with Crippen molar-refractivity contribution in [3.63, 3.8) is 0 Å². The summed E-state index contributed by atoms with van der Waals surface area (Å²) in [6.07, 6.45) is 2.59. The lowest BCUT2D eigenvalue weighted by Crippen LogP contribution is -2.29. The summed E-state index contributed by atoms with van der Waals surface area (Å²) in [6.45, 7) is 6.72. The summed E-state index contributed by atoms with van der Waals surface area (Å²) in [6, 6.07) is 12.7. The van der Waals surface area contributed by atoms with Crippen LogP contribution in [0.1, 0.15) is 48.8 Å². The number of nitrogens with zero attached hydrogens (tertiary/aromatic N) is 2. The molecule has 0 saturated heterocycles. The first kappa shape index (κ1) is 20.4. The molecule has 1 amide bonds. The van der Waals surface area contributed by atoms with Gasteiger partial charge < -0.3 is 10.1 Å². The van der Waals surface area contributed by atoms with Gasteiger partial charge in [0.05, 0.1) is 12.2 Å². The van der Waals surface area contributed by atoms with Crippen molar-refractivity contribution in [1.82, 2.24) is 9.88 Å². The highest BCUT2D eigenvalue weighted by Gasteiger charge is 2.12. The van der Waals surface area contributed by atoms with E-state index in [2.05, 4.69) is 10.3 Å². The van der Waals surface area contributed by atoms with Gasteiger partial charge in [0.25, 0.3) is 5.91 Å². The number of aromatic nitrogens is 1. The summed E-state index contributed by atoms with van der Waals surface area (Å²) in [5.41, 5.74) is 1.15. The standard InChI is InChI=1S/C21H27N3O3/c1-4-27-18-11-6-5-10-17(18)21(26)22-14-9-13-20(25)24-15-8-7-12-19(24)23-16(2)3/h5-8,10-12,15-16H,4,9,13-14H2,1-3H3,(H,22,26). The lowest BCUT2D eigenvalue weighted by Gasteiger charge is -2.11. The topological polar surface area (TPSA) is 72.7 Å². The number of benzene rings is 1. The van der Waals surface area contributed by atoms with Crippen molar-refractivity contribution >= 4 is 11.8 Å². The minimum absolute atomic E-state index is 0.0426. The molecule has 0 aliphatic rings. The zero-order valence-electron chi connectivity index (χ0n) is 16.1. The SMILES string of the molecule is CCOc1ccccc1C(=O)NCCCC(=O)n1ccccc1=NC(C)C. The molecule has 0 fully saturated rings. The molecule has 1 aromatic carbocycles. The van der Waals surface area contributed by atoms with Crippen molar-refractivity contribution in [1.29, 1.82) is 0 Å². The smallest absolute Gasteiger partial charge is 0.255 e. The summed E-state index contributed by atoms with van der Waals surface area (Å²) in [7, 11) is 0. The Balaban J connectivity index is 1.91.